The minimum Gasteiger partial charge on any atom is -0.317 e. The maximum atomic E-state index is 11.3. The fourth-order valence-corrected chi connectivity index (χ4v) is 1.08. The van der Waals surface area contributed by atoms with Gasteiger partial charge in [-0.3, -0.25) is 15.5 Å². The Morgan fingerprint density at radius 2 is 2.15 bits per heavy atom. The SMILES string of the molecule is NC1NC(=O)c2nccnc2N1N. The van der Waals surface area contributed by atoms with Gasteiger partial charge in [-0.25, -0.2) is 15.8 Å². The molecular weight excluding hydrogens is 172 g/mol. The first kappa shape index (κ1) is 7.90. The molecule has 1 aliphatic heterocycles. The Hall–Kier alpha value is -1.73. The summed E-state index contributed by atoms with van der Waals surface area (Å²) in [6, 6.07) is 0. The van der Waals surface area contributed by atoms with Crippen LogP contribution in [-0.2, 0) is 0 Å². The summed E-state index contributed by atoms with van der Waals surface area (Å²) in [7, 11) is 0. The van der Waals surface area contributed by atoms with Gasteiger partial charge in [-0.1, -0.05) is 0 Å². The van der Waals surface area contributed by atoms with Crippen LogP contribution in [0.2, 0.25) is 0 Å². The normalized spacial score (nSPS) is 20.9. The second-order valence-electron chi connectivity index (χ2n) is 2.55. The summed E-state index contributed by atoms with van der Waals surface area (Å²) >= 11 is 0. The second kappa shape index (κ2) is 2.64. The Balaban J connectivity index is 2.53. The number of hydrogen-bond acceptors (Lipinski definition) is 6. The number of hydrazine groups is 1. The van der Waals surface area contributed by atoms with Gasteiger partial charge in [0.25, 0.3) is 5.91 Å². The molecule has 0 saturated heterocycles. The summed E-state index contributed by atoms with van der Waals surface area (Å²) in [5.41, 5.74) is 5.67. The molecule has 1 unspecified atom stereocenters. The lowest BCUT2D eigenvalue weighted by atomic mass is 10.3. The molecule has 0 bridgehead atoms. The molecule has 1 aliphatic rings. The topological polar surface area (TPSA) is 110 Å². The van der Waals surface area contributed by atoms with Crippen LogP contribution in [0.5, 0.6) is 0 Å². The predicted octanol–water partition coefficient (Wildman–Crippen LogP) is -1.86. The van der Waals surface area contributed by atoms with Crippen molar-refractivity contribution in [2.24, 2.45) is 11.6 Å². The molecule has 2 rings (SSSR count). The highest BCUT2D eigenvalue weighted by atomic mass is 16.2. The van der Waals surface area contributed by atoms with Crippen molar-refractivity contribution < 1.29 is 4.79 Å². The Bertz CT molecular complexity index is 353. The third kappa shape index (κ3) is 1.10. The van der Waals surface area contributed by atoms with Crippen molar-refractivity contribution in [3.05, 3.63) is 18.1 Å². The predicted molar refractivity (Wildman–Crippen MR) is 44.1 cm³/mol. The van der Waals surface area contributed by atoms with Crippen LogP contribution in [0.3, 0.4) is 0 Å². The van der Waals surface area contributed by atoms with E-state index >= 15 is 0 Å². The zero-order valence-electron chi connectivity index (χ0n) is 6.64. The molecule has 1 atom stereocenters. The number of hydrogen-bond donors (Lipinski definition) is 3. The molecule has 13 heavy (non-hydrogen) atoms. The Morgan fingerprint density at radius 3 is 2.92 bits per heavy atom. The van der Waals surface area contributed by atoms with E-state index in [4.69, 9.17) is 11.6 Å². The number of anilines is 1. The lowest BCUT2D eigenvalue weighted by molar-refractivity contribution is 0.0921. The monoisotopic (exact) mass is 180 g/mol. The minimum atomic E-state index is -0.753. The molecule has 1 aromatic heterocycles. The molecule has 0 aliphatic carbocycles. The number of carbonyl (C=O) groups excluding carboxylic acids is 1. The maximum absolute atomic E-state index is 11.3. The van der Waals surface area contributed by atoms with E-state index in [0.717, 1.165) is 5.01 Å². The van der Waals surface area contributed by atoms with Gasteiger partial charge in [0.2, 0.25) is 0 Å². The third-order valence-electron chi connectivity index (χ3n) is 1.72. The van der Waals surface area contributed by atoms with Crippen LogP contribution in [0, 0.1) is 0 Å². The van der Waals surface area contributed by atoms with E-state index in [2.05, 4.69) is 15.3 Å². The molecule has 0 spiro atoms. The Labute approximate surface area is 73.7 Å². The summed E-state index contributed by atoms with van der Waals surface area (Å²) in [5.74, 6) is 5.47. The number of aromatic nitrogens is 2. The number of amides is 1. The number of nitrogens with zero attached hydrogens (tertiary/aromatic N) is 3. The van der Waals surface area contributed by atoms with Gasteiger partial charge in [-0.05, 0) is 0 Å². The first-order valence-corrected chi connectivity index (χ1v) is 3.61. The van der Waals surface area contributed by atoms with Crippen molar-refractivity contribution in [3.8, 4) is 0 Å². The largest absolute Gasteiger partial charge is 0.317 e. The van der Waals surface area contributed by atoms with Gasteiger partial charge >= 0.3 is 0 Å². The smallest absolute Gasteiger partial charge is 0.276 e. The quantitative estimate of drug-likeness (QED) is 0.404. The highest BCUT2D eigenvalue weighted by Crippen LogP contribution is 2.15. The van der Waals surface area contributed by atoms with Crippen molar-refractivity contribution in [2.75, 3.05) is 5.01 Å². The third-order valence-corrected chi connectivity index (χ3v) is 1.72. The van der Waals surface area contributed by atoms with E-state index < -0.39 is 6.29 Å². The zero-order chi connectivity index (χ0) is 9.42. The van der Waals surface area contributed by atoms with Gasteiger partial charge in [-0.15, -0.1) is 0 Å². The number of rotatable bonds is 0. The highest BCUT2D eigenvalue weighted by molar-refractivity contribution is 5.98. The van der Waals surface area contributed by atoms with Crippen LogP contribution in [0.15, 0.2) is 12.4 Å². The highest BCUT2D eigenvalue weighted by Gasteiger charge is 2.28. The molecule has 7 heteroatoms. The molecule has 2 heterocycles. The van der Waals surface area contributed by atoms with E-state index in [1.165, 1.54) is 12.4 Å². The van der Waals surface area contributed by atoms with Crippen molar-refractivity contribution in [3.63, 3.8) is 0 Å². The van der Waals surface area contributed by atoms with Crippen LogP contribution in [0.1, 0.15) is 10.5 Å². The van der Waals surface area contributed by atoms with Gasteiger partial charge in [0.15, 0.2) is 17.8 Å². The fraction of sp³-hybridized carbons (Fsp3) is 0.167. The Kier molecular flexibility index (Phi) is 1.61. The number of nitrogens with one attached hydrogen (secondary N) is 1. The first-order chi connectivity index (χ1) is 6.20. The van der Waals surface area contributed by atoms with Crippen molar-refractivity contribution in [1.82, 2.24) is 15.3 Å². The van der Waals surface area contributed by atoms with Crippen LogP contribution in [-0.4, -0.2) is 22.2 Å². The molecule has 0 saturated carbocycles. The second-order valence-corrected chi connectivity index (χ2v) is 2.55. The van der Waals surface area contributed by atoms with Crippen LogP contribution >= 0.6 is 0 Å². The number of fused-ring (bicyclic) bond motifs is 1. The van der Waals surface area contributed by atoms with E-state index in [-0.39, 0.29) is 11.6 Å². The number of nitrogens with two attached hydrogens (primary N) is 2. The molecular formula is C6H8N6O. The standard InChI is InChI=1S/C6H8N6O/c7-6-11-5(13)3-4(12(6)8)10-2-1-9-3/h1-2,6H,7-8H2,(H,11,13). The molecule has 0 aromatic carbocycles. The van der Waals surface area contributed by atoms with Crippen molar-refractivity contribution in [1.29, 1.82) is 0 Å². The fourth-order valence-electron chi connectivity index (χ4n) is 1.08. The van der Waals surface area contributed by atoms with E-state index in [1.807, 2.05) is 0 Å². The lowest BCUT2D eigenvalue weighted by Crippen LogP contribution is -2.61. The lowest BCUT2D eigenvalue weighted by Gasteiger charge is -2.30. The summed E-state index contributed by atoms with van der Waals surface area (Å²) in [5, 5.41) is 3.58. The van der Waals surface area contributed by atoms with E-state index in [0.29, 0.717) is 5.82 Å². The van der Waals surface area contributed by atoms with E-state index in [9.17, 15) is 4.79 Å². The summed E-state index contributed by atoms with van der Waals surface area (Å²) in [4.78, 5) is 19.0. The minimum absolute atomic E-state index is 0.187. The van der Waals surface area contributed by atoms with Gasteiger partial charge in [0.05, 0.1) is 0 Å². The first-order valence-electron chi connectivity index (χ1n) is 3.61. The summed E-state index contributed by atoms with van der Waals surface area (Å²) in [6.45, 7) is 0. The molecule has 7 nitrogen and oxygen atoms in total. The zero-order valence-corrected chi connectivity index (χ0v) is 6.64. The molecule has 0 radical (unpaired) electrons. The van der Waals surface area contributed by atoms with Gasteiger partial charge in [0.1, 0.15) is 0 Å². The molecule has 1 amide bonds. The maximum Gasteiger partial charge on any atom is 0.276 e. The summed E-state index contributed by atoms with van der Waals surface area (Å²) in [6.07, 6.45) is 2.12. The molecule has 5 N–H and O–H groups in total. The van der Waals surface area contributed by atoms with Crippen LogP contribution in [0.4, 0.5) is 5.82 Å². The number of carbonyl (C=O) groups is 1. The van der Waals surface area contributed by atoms with Crippen molar-refractivity contribution in [2.45, 2.75) is 6.29 Å². The van der Waals surface area contributed by atoms with Crippen LogP contribution in [0.25, 0.3) is 0 Å². The van der Waals surface area contributed by atoms with Crippen molar-refractivity contribution >= 4 is 11.7 Å². The van der Waals surface area contributed by atoms with E-state index in [1.54, 1.807) is 0 Å². The van der Waals surface area contributed by atoms with Gasteiger partial charge in [-0.2, -0.15) is 0 Å². The average Bonchev–Trinajstić information content (AvgIpc) is 2.15. The molecule has 1 aromatic rings. The average molecular weight is 180 g/mol. The van der Waals surface area contributed by atoms with Crippen LogP contribution < -0.4 is 21.9 Å². The molecule has 0 fully saturated rings. The van der Waals surface area contributed by atoms with Gasteiger partial charge < -0.3 is 5.32 Å². The Morgan fingerprint density at radius 1 is 1.46 bits per heavy atom. The molecule has 68 valence electrons. The summed E-state index contributed by atoms with van der Waals surface area (Å²) < 4.78 is 0. The van der Waals surface area contributed by atoms with Gasteiger partial charge in [0, 0.05) is 12.4 Å².